The van der Waals surface area contributed by atoms with Crippen molar-refractivity contribution in [1.29, 1.82) is 0 Å². The maximum Gasteiger partial charge on any atom is 0.133 e. The highest BCUT2D eigenvalue weighted by Crippen LogP contribution is 2.30. The molecule has 0 aliphatic heterocycles. The summed E-state index contributed by atoms with van der Waals surface area (Å²) in [4.78, 5) is 2.25. The van der Waals surface area contributed by atoms with Gasteiger partial charge >= 0.3 is 0 Å². The first-order valence-electron chi connectivity index (χ1n) is 6.35. The molecule has 0 spiro atoms. The van der Waals surface area contributed by atoms with Crippen LogP contribution < -0.4 is 10.1 Å². The summed E-state index contributed by atoms with van der Waals surface area (Å²) < 4.78 is 6.29. The van der Waals surface area contributed by atoms with Gasteiger partial charge in [-0.15, -0.1) is 0 Å². The number of halogens is 1. The van der Waals surface area contributed by atoms with E-state index in [0.29, 0.717) is 6.04 Å². The van der Waals surface area contributed by atoms with Crippen LogP contribution in [-0.4, -0.2) is 38.7 Å². The highest BCUT2D eigenvalue weighted by Gasteiger charge is 2.23. The SMILES string of the molecule is COc1ccc(C(CNC2CC2)N(C)C)cc1Br. The van der Waals surface area contributed by atoms with Crippen LogP contribution in [0, 0.1) is 0 Å². The minimum atomic E-state index is 0.396. The molecule has 2 rings (SSSR count). The van der Waals surface area contributed by atoms with E-state index in [1.54, 1.807) is 7.11 Å². The van der Waals surface area contributed by atoms with Gasteiger partial charge in [-0.3, -0.25) is 0 Å². The van der Waals surface area contributed by atoms with Gasteiger partial charge in [0, 0.05) is 18.6 Å². The van der Waals surface area contributed by atoms with E-state index in [4.69, 9.17) is 4.74 Å². The van der Waals surface area contributed by atoms with Gasteiger partial charge in [0.05, 0.1) is 11.6 Å². The van der Waals surface area contributed by atoms with Crippen LogP contribution in [0.2, 0.25) is 0 Å². The summed E-state index contributed by atoms with van der Waals surface area (Å²) in [6, 6.07) is 7.45. The predicted molar refractivity (Wildman–Crippen MR) is 78.1 cm³/mol. The molecule has 3 nitrogen and oxygen atoms in total. The monoisotopic (exact) mass is 312 g/mol. The van der Waals surface area contributed by atoms with E-state index in [1.165, 1.54) is 18.4 Å². The number of rotatable bonds is 6. The Balaban J connectivity index is 2.10. The third-order valence-corrected chi connectivity index (χ3v) is 3.98. The topological polar surface area (TPSA) is 24.5 Å². The largest absolute Gasteiger partial charge is 0.496 e. The van der Waals surface area contributed by atoms with E-state index >= 15 is 0 Å². The van der Waals surface area contributed by atoms with E-state index in [-0.39, 0.29) is 0 Å². The van der Waals surface area contributed by atoms with Gasteiger partial charge in [-0.05, 0) is 60.6 Å². The Kier molecular flexibility index (Phi) is 4.65. The van der Waals surface area contributed by atoms with Crippen LogP contribution in [0.3, 0.4) is 0 Å². The Bertz CT molecular complexity index is 405. The Hall–Kier alpha value is -0.580. The molecule has 0 radical (unpaired) electrons. The van der Waals surface area contributed by atoms with E-state index < -0.39 is 0 Å². The third kappa shape index (κ3) is 3.46. The lowest BCUT2D eigenvalue weighted by Gasteiger charge is -2.25. The highest BCUT2D eigenvalue weighted by molar-refractivity contribution is 9.10. The molecule has 1 N–H and O–H groups in total. The van der Waals surface area contributed by atoms with Gasteiger partial charge in [-0.25, -0.2) is 0 Å². The molecule has 1 aromatic rings. The Labute approximate surface area is 118 Å². The number of ether oxygens (including phenoxy) is 1. The molecule has 18 heavy (non-hydrogen) atoms. The first-order valence-corrected chi connectivity index (χ1v) is 7.14. The predicted octanol–water partition coefficient (Wildman–Crippen LogP) is 2.81. The molecule has 0 amide bonds. The molecule has 1 unspecified atom stereocenters. The van der Waals surface area contributed by atoms with Crippen molar-refractivity contribution in [3.05, 3.63) is 28.2 Å². The molecule has 100 valence electrons. The summed E-state index contributed by atoms with van der Waals surface area (Å²) in [5, 5.41) is 3.60. The minimum Gasteiger partial charge on any atom is -0.496 e. The maximum absolute atomic E-state index is 5.27. The first-order chi connectivity index (χ1) is 8.61. The lowest BCUT2D eigenvalue weighted by molar-refractivity contribution is 0.288. The van der Waals surface area contributed by atoms with Gasteiger partial charge in [0.2, 0.25) is 0 Å². The first kappa shape index (κ1) is 13.8. The number of nitrogens with one attached hydrogen (secondary N) is 1. The number of benzene rings is 1. The van der Waals surface area contributed by atoms with Gasteiger partial charge in [0.25, 0.3) is 0 Å². The molecular weight excluding hydrogens is 292 g/mol. The van der Waals surface area contributed by atoms with Crippen molar-refractivity contribution in [2.45, 2.75) is 24.9 Å². The van der Waals surface area contributed by atoms with Gasteiger partial charge in [-0.2, -0.15) is 0 Å². The molecule has 0 saturated heterocycles. The lowest BCUT2D eigenvalue weighted by Crippen LogP contribution is -2.32. The zero-order valence-electron chi connectivity index (χ0n) is 11.2. The Morgan fingerprint density at radius 3 is 2.67 bits per heavy atom. The van der Waals surface area contributed by atoms with Crippen molar-refractivity contribution in [3.8, 4) is 5.75 Å². The summed E-state index contributed by atoms with van der Waals surface area (Å²) in [7, 11) is 5.94. The van der Waals surface area contributed by atoms with Crippen LogP contribution in [0.25, 0.3) is 0 Å². The molecule has 0 aromatic heterocycles. The number of hydrogen-bond acceptors (Lipinski definition) is 3. The second-order valence-electron chi connectivity index (χ2n) is 5.06. The molecular formula is C14H21BrN2O. The van der Waals surface area contributed by atoms with E-state index in [9.17, 15) is 0 Å². The summed E-state index contributed by atoms with van der Waals surface area (Å²) in [6.45, 7) is 0.996. The second-order valence-corrected chi connectivity index (χ2v) is 5.91. The molecule has 0 heterocycles. The Morgan fingerprint density at radius 2 is 2.17 bits per heavy atom. The molecule has 0 bridgehead atoms. The molecule has 1 saturated carbocycles. The number of nitrogens with zero attached hydrogens (tertiary/aromatic N) is 1. The van der Waals surface area contributed by atoms with E-state index in [0.717, 1.165) is 22.8 Å². The van der Waals surface area contributed by atoms with Crippen LogP contribution in [0.15, 0.2) is 22.7 Å². The number of likely N-dealkylation sites (N-methyl/N-ethyl adjacent to an activating group) is 1. The van der Waals surface area contributed by atoms with E-state index in [1.807, 2.05) is 6.07 Å². The fourth-order valence-corrected chi connectivity index (χ4v) is 2.61. The summed E-state index contributed by atoms with van der Waals surface area (Å²) in [6.07, 6.45) is 2.65. The molecule has 1 aliphatic carbocycles. The molecule has 1 aliphatic rings. The average Bonchev–Trinajstić information content (AvgIpc) is 3.13. The fourth-order valence-electron chi connectivity index (χ4n) is 2.05. The quantitative estimate of drug-likeness (QED) is 0.874. The lowest BCUT2D eigenvalue weighted by atomic mass is 10.1. The number of methoxy groups -OCH3 is 1. The van der Waals surface area contributed by atoms with Gasteiger partial charge < -0.3 is 15.0 Å². The minimum absolute atomic E-state index is 0.396. The molecule has 1 aromatic carbocycles. The highest BCUT2D eigenvalue weighted by atomic mass is 79.9. The zero-order valence-corrected chi connectivity index (χ0v) is 12.8. The summed E-state index contributed by atoms with van der Waals surface area (Å²) >= 11 is 3.55. The van der Waals surface area contributed by atoms with Gasteiger partial charge in [0.1, 0.15) is 5.75 Å². The number of hydrogen-bond donors (Lipinski definition) is 1. The second kappa shape index (κ2) is 6.04. The van der Waals surface area contributed by atoms with Crippen molar-refractivity contribution in [1.82, 2.24) is 10.2 Å². The van der Waals surface area contributed by atoms with Crippen LogP contribution in [0.5, 0.6) is 5.75 Å². The van der Waals surface area contributed by atoms with E-state index in [2.05, 4.69) is 52.4 Å². The van der Waals surface area contributed by atoms with Crippen LogP contribution in [0.4, 0.5) is 0 Å². The fraction of sp³-hybridized carbons (Fsp3) is 0.571. The molecule has 1 atom stereocenters. The molecule has 1 fully saturated rings. The van der Waals surface area contributed by atoms with Crippen LogP contribution in [0.1, 0.15) is 24.4 Å². The summed E-state index contributed by atoms with van der Waals surface area (Å²) in [5.74, 6) is 0.881. The van der Waals surface area contributed by atoms with Crippen LogP contribution >= 0.6 is 15.9 Å². The Morgan fingerprint density at radius 1 is 1.44 bits per heavy atom. The van der Waals surface area contributed by atoms with Crippen molar-refractivity contribution in [3.63, 3.8) is 0 Å². The molecule has 4 heteroatoms. The van der Waals surface area contributed by atoms with Crippen molar-refractivity contribution in [2.75, 3.05) is 27.7 Å². The van der Waals surface area contributed by atoms with Crippen molar-refractivity contribution < 1.29 is 4.74 Å². The average molecular weight is 313 g/mol. The van der Waals surface area contributed by atoms with Crippen molar-refractivity contribution >= 4 is 15.9 Å². The summed E-state index contributed by atoms with van der Waals surface area (Å²) in [5.41, 5.74) is 1.31. The zero-order chi connectivity index (χ0) is 13.1. The van der Waals surface area contributed by atoms with Crippen LogP contribution in [-0.2, 0) is 0 Å². The standard InChI is InChI=1S/C14H21BrN2O/c1-17(2)13(9-16-11-5-6-11)10-4-7-14(18-3)12(15)8-10/h4,7-8,11,13,16H,5-6,9H2,1-3H3. The smallest absolute Gasteiger partial charge is 0.133 e. The van der Waals surface area contributed by atoms with Gasteiger partial charge in [-0.1, -0.05) is 6.07 Å². The van der Waals surface area contributed by atoms with Crippen molar-refractivity contribution in [2.24, 2.45) is 0 Å². The van der Waals surface area contributed by atoms with Gasteiger partial charge in [0.15, 0.2) is 0 Å². The third-order valence-electron chi connectivity index (χ3n) is 3.36. The normalized spacial score (nSPS) is 16.9. The maximum atomic E-state index is 5.27.